The van der Waals surface area contributed by atoms with E-state index >= 15 is 0 Å². The molecule has 0 heterocycles. The van der Waals surface area contributed by atoms with E-state index in [1.54, 1.807) is 66.7 Å². The molecule has 202 valence electrons. The lowest BCUT2D eigenvalue weighted by Crippen LogP contribution is -2.36. The Morgan fingerprint density at radius 2 is 1.67 bits per heavy atom. The average molecular weight is 540 g/mol. The minimum atomic E-state index is -5.28. The van der Waals surface area contributed by atoms with Crippen molar-refractivity contribution in [1.82, 2.24) is 5.48 Å². The molecule has 39 heavy (non-hydrogen) atoms. The summed E-state index contributed by atoms with van der Waals surface area (Å²) in [5.74, 6) is -3.46. The van der Waals surface area contributed by atoms with Crippen molar-refractivity contribution in [2.45, 2.75) is 32.1 Å². The quantitative estimate of drug-likeness (QED) is 0.387. The number of amides is 2. The van der Waals surface area contributed by atoms with Crippen LogP contribution >= 0.6 is 0 Å². The molecule has 0 saturated heterocycles. The predicted octanol–water partition coefficient (Wildman–Crippen LogP) is 4.26. The largest absolute Gasteiger partial charge is 0.493 e. The molecule has 3 aromatic rings. The number of ether oxygens (including phenoxy) is 1. The van der Waals surface area contributed by atoms with Crippen LogP contribution in [0.15, 0.2) is 72.8 Å². The summed E-state index contributed by atoms with van der Waals surface area (Å²) in [6, 6.07) is 22.2. The van der Waals surface area contributed by atoms with Crippen molar-refractivity contribution in [3.05, 3.63) is 89.5 Å². The Labute approximate surface area is 221 Å². The lowest BCUT2D eigenvalue weighted by Gasteiger charge is -2.25. The highest BCUT2D eigenvalue weighted by atomic mass is 19.4. The zero-order valence-electron chi connectivity index (χ0n) is 20.4. The molecule has 0 spiro atoms. The normalized spacial score (nSPS) is 10.7. The summed E-state index contributed by atoms with van der Waals surface area (Å²) in [4.78, 5) is 41.1. The first kappa shape index (κ1) is 28.7. The van der Waals surface area contributed by atoms with E-state index in [0.29, 0.717) is 34.9 Å². The second-order valence-electron chi connectivity index (χ2n) is 8.12. The van der Waals surface area contributed by atoms with Crippen LogP contribution in [0.25, 0.3) is 0 Å². The molecular weight excluding hydrogens is 517 g/mol. The molecule has 2 amide bonds. The molecule has 3 aromatic carbocycles. The smallest absolute Gasteiger partial charge is 0.455 e. The highest BCUT2D eigenvalue weighted by Gasteiger charge is 2.42. The molecule has 0 radical (unpaired) electrons. The predicted molar refractivity (Wildman–Crippen MR) is 133 cm³/mol. The van der Waals surface area contributed by atoms with Gasteiger partial charge in [0.25, 0.3) is 5.91 Å². The summed E-state index contributed by atoms with van der Waals surface area (Å²) in [5.41, 5.74) is 9.37. The molecule has 0 aromatic heterocycles. The van der Waals surface area contributed by atoms with Crippen molar-refractivity contribution in [2.75, 3.05) is 4.90 Å². The molecule has 12 heteroatoms. The lowest BCUT2D eigenvalue weighted by molar-refractivity contribution is -0.207. The van der Waals surface area contributed by atoms with Gasteiger partial charge in [-0.25, -0.2) is 4.79 Å². The summed E-state index contributed by atoms with van der Waals surface area (Å²) in [5, 5.41) is 9.06. The van der Waals surface area contributed by atoms with Gasteiger partial charge >= 0.3 is 12.1 Å². The Morgan fingerprint density at radius 1 is 0.949 bits per heavy atom. The fourth-order valence-corrected chi connectivity index (χ4v) is 3.37. The van der Waals surface area contributed by atoms with Gasteiger partial charge in [0, 0.05) is 19.4 Å². The Hall–Kier alpha value is -4.89. The third-order valence-electron chi connectivity index (χ3n) is 5.30. The minimum Gasteiger partial charge on any atom is -0.455 e. The van der Waals surface area contributed by atoms with E-state index in [0.717, 1.165) is 5.56 Å². The zero-order chi connectivity index (χ0) is 28.4. The maximum Gasteiger partial charge on any atom is 0.493 e. The van der Waals surface area contributed by atoms with Gasteiger partial charge in [0.2, 0.25) is 5.91 Å². The number of carbonyl (C=O) groups is 3. The van der Waals surface area contributed by atoms with Crippen LogP contribution in [0, 0.1) is 11.3 Å². The molecule has 0 bridgehead atoms. The minimum absolute atomic E-state index is 0.0262. The Bertz CT molecular complexity index is 1370. The van der Waals surface area contributed by atoms with Gasteiger partial charge in [0.1, 0.15) is 5.75 Å². The van der Waals surface area contributed by atoms with Crippen LogP contribution < -0.4 is 20.9 Å². The molecule has 0 saturated carbocycles. The number of halogens is 3. The van der Waals surface area contributed by atoms with Gasteiger partial charge in [-0.3, -0.25) is 9.59 Å². The first-order chi connectivity index (χ1) is 18.6. The number of anilines is 1. The number of alkyl halides is 3. The van der Waals surface area contributed by atoms with E-state index in [1.807, 2.05) is 12.1 Å². The number of nitrogens with two attached hydrogens (primary N) is 1. The molecular formula is C27H23F3N4O5. The Balaban J connectivity index is 1.83. The molecule has 0 atom stereocenters. The van der Waals surface area contributed by atoms with Crippen molar-refractivity contribution in [3.63, 3.8) is 0 Å². The Kier molecular flexibility index (Phi) is 9.61. The lowest BCUT2D eigenvalue weighted by atomic mass is 10.1. The number of hydroxylamine groups is 1. The van der Waals surface area contributed by atoms with Gasteiger partial charge in [-0.2, -0.15) is 23.9 Å². The Morgan fingerprint density at radius 3 is 2.33 bits per heavy atom. The molecule has 9 nitrogen and oxygen atoms in total. The highest BCUT2D eigenvalue weighted by molar-refractivity contribution is 5.96. The van der Waals surface area contributed by atoms with E-state index in [-0.39, 0.29) is 6.54 Å². The molecule has 0 aliphatic rings. The number of rotatable bonds is 9. The van der Waals surface area contributed by atoms with Crippen LogP contribution in [0.3, 0.4) is 0 Å². The molecule has 0 aliphatic carbocycles. The van der Waals surface area contributed by atoms with Crippen LogP contribution in [0.5, 0.6) is 11.5 Å². The fraction of sp³-hybridized carbons (Fsp3) is 0.185. The van der Waals surface area contributed by atoms with E-state index in [2.05, 4.69) is 4.84 Å². The van der Waals surface area contributed by atoms with Gasteiger partial charge in [0.05, 0.1) is 23.9 Å². The molecule has 0 fully saturated rings. The number of carbonyl (C=O) groups excluding carboxylic acids is 3. The van der Waals surface area contributed by atoms with E-state index in [9.17, 15) is 27.6 Å². The van der Waals surface area contributed by atoms with E-state index in [1.165, 1.54) is 10.4 Å². The van der Waals surface area contributed by atoms with Gasteiger partial charge in [-0.1, -0.05) is 36.4 Å². The van der Waals surface area contributed by atoms with Gasteiger partial charge in [-0.05, 0) is 47.5 Å². The summed E-state index contributed by atoms with van der Waals surface area (Å²) in [7, 11) is 0. The van der Waals surface area contributed by atoms with Gasteiger partial charge in [-0.15, -0.1) is 0 Å². The first-order valence-electron chi connectivity index (χ1n) is 11.5. The van der Waals surface area contributed by atoms with Crippen LogP contribution in [0.2, 0.25) is 0 Å². The number of hydrogen-bond acceptors (Lipinski definition) is 7. The summed E-state index contributed by atoms with van der Waals surface area (Å²) in [6.07, 6.45) is -6.27. The molecule has 0 unspecified atom stereocenters. The van der Waals surface area contributed by atoms with Crippen molar-refractivity contribution in [1.29, 1.82) is 5.26 Å². The number of nitrogens with zero attached hydrogens (tertiary/aromatic N) is 2. The topological polar surface area (TPSA) is 135 Å². The van der Waals surface area contributed by atoms with Crippen molar-refractivity contribution in [3.8, 4) is 17.6 Å². The van der Waals surface area contributed by atoms with Gasteiger partial charge in [0.15, 0.2) is 5.75 Å². The van der Waals surface area contributed by atoms with Crippen molar-refractivity contribution < 1.29 is 37.1 Å². The third kappa shape index (κ3) is 8.31. The van der Waals surface area contributed by atoms with E-state index < -0.39 is 36.8 Å². The zero-order valence-corrected chi connectivity index (χ0v) is 20.4. The molecule has 3 N–H and O–H groups in total. The number of benzene rings is 3. The van der Waals surface area contributed by atoms with E-state index in [4.69, 9.17) is 15.7 Å². The summed E-state index contributed by atoms with van der Waals surface area (Å²) < 4.78 is 42.9. The monoisotopic (exact) mass is 540 g/mol. The first-order valence-corrected chi connectivity index (χ1v) is 11.5. The number of nitriles is 1. The van der Waals surface area contributed by atoms with Crippen LogP contribution in [0.4, 0.5) is 18.9 Å². The second kappa shape index (κ2) is 13.1. The van der Waals surface area contributed by atoms with Crippen LogP contribution in [0.1, 0.15) is 29.5 Å². The number of para-hydroxylation sites is 2. The maximum atomic E-state index is 13.3. The number of hydrogen-bond donors (Lipinski definition) is 2. The number of nitrogens with one attached hydrogen (secondary N) is 1. The third-order valence-corrected chi connectivity index (χ3v) is 5.30. The van der Waals surface area contributed by atoms with Crippen molar-refractivity contribution >= 4 is 23.5 Å². The highest BCUT2D eigenvalue weighted by Crippen LogP contribution is 2.34. The SMILES string of the molecule is N#Cc1ccc(CN(C(=O)CCC(=O)NOC(=O)C(F)(F)F)c2ccccc2Oc2cccc(CN)c2)cc1. The van der Waals surface area contributed by atoms with Crippen LogP contribution in [-0.2, 0) is 32.3 Å². The van der Waals surface area contributed by atoms with Gasteiger partial charge < -0.3 is 20.2 Å². The maximum absolute atomic E-state index is 13.3. The molecule has 3 rings (SSSR count). The van der Waals surface area contributed by atoms with Crippen molar-refractivity contribution in [2.24, 2.45) is 5.73 Å². The summed E-state index contributed by atoms with van der Waals surface area (Å²) in [6.45, 7) is 0.320. The summed E-state index contributed by atoms with van der Waals surface area (Å²) >= 11 is 0. The standard InChI is InChI=1S/C27H23F3N4O5/c28-27(29,30)26(37)39-33-24(35)12-13-25(36)34(17-19-10-8-18(15-31)9-11-19)22-6-1-2-7-23(22)38-21-5-3-4-20(14-21)16-32/h1-11,14H,12-13,16-17,32H2,(H,33,35). The van der Waals surface area contributed by atoms with Crippen LogP contribution in [-0.4, -0.2) is 24.0 Å². The second-order valence-corrected chi connectivity index (χ2v) is 8.12. The average Bonchev–Trinajstić information content (AvgIpc) is 2.93. The molecule has 0 aliphatic heterocycles. The fourth-order valence-electron chi connectivity index (χ4n) is 3.37.